The summed E-state index contributed by atoms with van der Waals surface area (Å²) in [5, 5.41) is 6.94. The maximum Gasteiger partial charge on any atom is 0.199 e. The smallest absolute Gasteiger partial charge is 0.199 e. The zero-order valence-electron chi connectivity index (χ0n) is 8.78. The lowest BCUT2D eigenvalue weighted by Crippen LogP contribution is -2.24. The van der Waals surface area contributed by atoms with Crippen LogP contribution < -0.4 is 0 Å². The van der Waals surface area contributed by atoms with Gasteiger partial charge in [0.1, 0.15) is 11.6 Å². The summed E-state index contributed by atoms with van der Waals surface area (Å²) < 4.78 is 27.2. The summed E-state index contributed by atoms with van der Waals surface area (Å²) in [7, 11) is 0. The molecule has 0 saturated carbocycles. The molecule has 0 spiro atoms. The highest BCUT2D eigenvalue weighted by Crippen LogP contribution is 2.29. The van der Waals surface area contributed by atoms with Gasteiger partial charge in [0.25, 0.3) is 0 Å². The van der Waals surface area contributed by atoms with Crippen LogP contribution in [0, 0.1) is 11.6 Å². The number of ketones is 2. The second-order valence-electron chi connectivity index (χ2n) is 3.75. The van der Waals surface area contributed by atoms with E-state index >= 15 is 0 Å². The predicted molar refractivity (Wildman–Crippen MR) is 55.3 cm³/mol. The van der Waals surface area contributed by atoms with E-state index in [1.54, 1.807) is 0 Å². The topological polar surface area (TPSA) is 59.9 Å². The van der Waals surface area contributed by atoms with Gasteiger partial charge in [-0.1, -0.05) is 0 Å². The number of hydrogen-bond donors (Lipinski definition) is 0. The number of hydrogen-bond acceptors (Lipinski definition) is 4. The summed E-state index contributed by atoms with van der Waals surface area (Å²) in [5.41, 5.74) is -1.21. The average Bonchev–Trinajstić information content (AvgIpc) is 2.38. The first-order valence-corrected chi connectivity index (χ1v) is 4.99. The third kappa shape index (κ3) is 1.22. The molecule has 4 nitrogen and oxygen atoms in total. The molecule has 1 aromatic carbocycles. The molecule has 0 unspecified atom stereocenters. The molecule has 0 radical (unpaired) electrons. The van der Waals surface area contributed by atoms with E-state index in [2.05, 4.69) is 10.2 Å². The van der Waals surface area contributed by atoms with E-state index in [0.29, 0.717) is 0 Å². The number of halogens is 2. The highest BCUT2D eigenvalue weighted by Gasteiger charge is 2.34. The largest absolute Gasteiger partial charge is 0.288 e. The molecule has 1 heterocycles. The van der Waals surface area contributed by atoms with Crippen molar-refractivity contribution >= 4 is 11.6 Å². The molecule has 3 rings (SSSR count). The lowest BCUT2D eigenvalue weighted by molar-refractivity contribution is 0.0971. The molecule has 6 heteroatoms. The Morgan fingerprint density at radius 2 is 1.17 bits per heavy atom. The van der Waals surface area contributed by atoms with Crippen LogP contribution in [0.4, 0.5) is 8.78 Å². The van der Waals surface area contributed by atoms with Crippen molar-refractivity contribution in [3.8, 4) is 0 Å². The number of nitrogens with zero attached hydrogens (tertiary/aromatic N) is 2. The van der Waals surface area contributed by atoms with Gasteiger partial charge in [0.2, 0.25) is 0 Å². The van der Waals surface area contributed by atoms with E-state index in [9.17, 15) is 18.4 Å². The third-order valence-electron chi connectivity index (χ3n) is 2.78. The maximum absolute atomic E-state index is 13.6. The van der Waals surface area contributed by atoms with Gasteiger partial charge in [0.15, 0.2) is 11.6 Å². The molecular weight excluding hydrogens is 242 g/mol. The van der Waals surface area contributed by atoms with E-state index in [4.69, 9.17) is 0 Å². The zero-order chi connectivity index (χ0) is 12.9. The van der Waals surface area contributed by atoms with Crippen LogP contribution in [0.15, 0.2) is 24.5 Å². The molecule has 18 heavy (non-hydrogen) atoms. The SMILES string of the molecule is O=C1c2cnncc2C(=O)c2c(F)ccc(F)c21. The Morgan fingerprint density at radius 1 is 0.778 bits per heavy atom. The minimum atomic E-state index is -0.924. The lowest BCUT2D eigenvalue weighted by atomic mass is 9.85. The van der Waals surface area contributed by atoms with Crippen molar-refractivity contribution in [1.82, 2.24) is 10.2 Å². The summed E-state index contributed by atoms with van der Waals surface area (Å²) >= 11 is 0. The molecule has 88 valence electrons. The van der Waals surface area contributed by atoms with Gasteiger partial charge >= 0.3 is 0 Å². The fourth-order valence-electron chi connectivity index (χ4n) is 1.95. The van der Waals surface area contributed by atoms with Gasteiger partial charge in [0.05, 0.1) is 34.6 Å². The van der Waals surface area contributed by atoms with Gasteiger partial charge in [-0.3, -0.25) is 9.59 Å². The molecule has 2 aromatic rings. The first-order valence-electron chi connectivity index (χ1n) is 4.99. The quantitative estimate of drug-likeness (QED) is 0.603. The number of carbonyl (C=O) groups excluding carboxylic acids is 2. The standard InChI is InChI=1S/C12H4F2N2O2/c13-7-1-2-8(14)10-9(7)11(17)5-3-15-16-4-6(5)12(10)18/h1-4H. The minimum absolute atomic E-state index is 0.0630. The summed E-state index contributed by atoms with van der Waals surface area (Å²) in [6, 6.07) is 1.64. The van der Waals surface area contributed by atoms with Crippen LogP contribution in [0.3, 0.4) is 0 Å². The van der Waals surface area contributed by atoms with Gasteiger partial charge in [-0.05, 0) is 12.1 Å². The summed E-state index contributed by atoms with van der Waals surface area (Å²) in [6.45, 7) is 0. The van der Waals surface area contributed by atoms with Gasteiger partial charge < -0.3 is 0 Å². The lowest BCUT2D eigenvalue weighted by Gasteiger charge is -2.16. The molecular formula is C12H4F2N2O2. The van der Waals surface area contributed by atoms with Crippen LogP contribution in [0.25, 0.3) is 0 Å². The number of carbonyl (C=O) groups is 2. The molecule has 0 atom stereocenters. The Kier molecular flexibility index (Phi) is 2.07. The normalized spacial score (nSPS) is 13.2. The molecule has 1 aromatic heterocycles. The molecule has 1 aliphatic carbocycles. The van der Waals surface area contributed by atoms with Crippen LogP contribution in [-0.2, 0) is 0 Å². The van der Waals surface area contributed by atoms with Crippen molar-refractivity contribution in [3.05, 3.63) is 58.4 Å². The van der Waals surface area contributed by atoms with Gasteiger partial charge in [-0.25, -0.2) is 8.78 Å². The fraction of sp³-hybridized carbons (Fsp3) is 0. The average molecular weight is 246 g/mol. The fourth-order valence-corrected chi connectivity index (χ4v) is 1.95. The van der Waals surface area contributed by atoms with Gasteiger partial charge in [-0.2, -0.15) is 10.2 Å². The monoisotopic (exact) mass is 246 g/mol. The Hall–Kier alpha value is -2.50. The Balaban J connectivity index is 2.41. The predicted octanol–water partition coefficient (Wildman–Crippen LogP) is 1.53. The molecule has 0 bridgehead atoms. The second-order valence-corrected chi connectivity index (χ2v) is 3.75. The van der Waals surface area contributed by atoms with E-state index < -0.39 is 34.3 Å². The van der Waals surface area contributed by atoms with Crippen molar-refractivity contribution in [2.24, 2.45) is 0 Å². The zero-order valence-corrected chi connectivity index (χ0v) is 8.78. The van der Waals surface area contributed by atoms with Crippen molar-refractivity contribution < 1.29 is 18.4 Å². The molecule has 1 aliphatic rings. The van der Waals surface area contributed by atoms with Crippen LogP contribution in [-0.4, -0.2) is 21.8 Å². The first-order chi connectivity index (χ1) is 8.61. The molecule has 0 fully saturated rings. The van der Waals surface area contributed by atoms with Crippen molar-refractivity contribution in [2.75, 3.05) is 0 Å². The van der Waals surface area contributed by atoms with Gasteiger partial charge in [-0.15, -0.1) is 0 Å². The molecule has 0 N–H and O–H groups in total. The number of fused-ring (bicyclic) bond motifs is 2. The Bertz CT molecular complexity index is 653. The molecule has 0 saturated heterocycles. The van der Waals surface area contributed by atoms with E-state index in [0.717, 1.165) is 24.5 Å². The number of benzene rings is 1. The van der Waals surface area contributed by atoms with E-state index in [1.165, 1.54) is 0 Å². The van der Waals surface area contributed by atoms with Crippen LogP contribution in [0.2, 0.25) is 0 Å². The molecule has 0 aliphatic heterocycles. The van der Waals surface area contributed by atoms with Crippen molar-refractivity contribution in [3.63, 3.8) is 0 Å². The van der Waals surface area contributed by atoms with E-state index in [-0.39, 0.29) is 11.1 Å². The van der Waals surface area contributed by atoms with E-state index in [1.807, 2.05) is 0 Å². The van der Waals surface area contributed by atoms with Crippen LogP contribution in [0.5, 0.6) is 0 Å². The van der Waals surface area contributed by atoms with Crippen LogP contribution in [0.1, 0.15) is 31.8 Å². The van der Waals surface area contributed by atoms with Crippen molar-refractivity contribution in [1.29, 1.82) is 0 Å². The van der Waals surface area contributed by atoms with Crippen LogP contribution >= 0.6 is 0 Å². The van der Waals surface area contributed by atoms with Crippen molar-refractivity contribution in [2.45, 2.75) is 0 Å². The third-order valence-corrected chi connectivity index (χ3v) is 2.78. The second kappa shape index (κ2) is 3.49. The molecule has 0 amide bonds. The highest BCUT2D eigenvalue weighted by molar-refractivity contribution is 6.28. The summed E-state index contributed by atoms with van der Waals surface area (Å²) in [4.78, 5) is 24.0. The van der Waals surface area contributed by atoms with Gasteiger partial charge in [0, 0.05) is 0 Å². The highest BCUT2D eigenvalue weighted by atomic mass is 19.1. The first kappa shape index (κ1) is 10.6. The maximum atomic E-state index is 13.6. The number of rotatable bonds is 0. The summed E-state index contributed by atoms with van der Waals surface area (Å²) in [5.74, 6) is -3.36. The Labute approximate surface area is 99.3 Å². The number of aromatic nitrogens is 2. The summed E-state index contributed by atoms with van der Waals surface area (Å²) in [6.07, 6.45) is 2.14. The minimum Gasteiger partial charge on any atom is -0.288 e. The Morgan fingerprint density at radius 3 is 1.56 bits per heavy atom.